The zero-order valence-corrected chi connectivity index (χ0v) is 11.6. The number of fused-ring (bicyclic) bond motifs is 1. The van der Waals surface area contributed by atoms with Gasteiger partial charge in [-0.15, -0.1) is 0 Å². The molecule has 1 aromatic heterocycles. The highest BCUT2D eigenvalue weighted by Gasteiger charge is 2.23. The highest BCUT2D eigenvalue weighted by Crippen LogP contribution is 2.21. The third kappa shape index (κ3) is 2.27. The van der Waals surface area contributed by atoms with E-state index in [4.69, 9.17) is 10.7 Å². The van der Waals surface area contributed by atoms with Crippen LogP contribution in [0.15, 0.2) is 4.79 Å². The Morgan fingerprint density at radius 2 is 2.05 bits per heavy atom. The van der Waals surface area contributed by atoms with Gasteiger partial charge in [-0.05, 0) is 38.5 Å². The number of aryl methyl sites for hydroxylation is 1. The minimum absolute atomic E-state index is 0.138. The highest BCUT2D eigenvalue weighted by atomic mass is 16.1. The van der Waals surface area contributed by atoms with E-state index < -0.39 is 0 Å². The van der Waals surface area contributed by atoms with Gasteiger partial charge in [0.15, 0.2) is 0 Å². The first-order valence-electron chi connectivity index (χ1n) is 7.26. The van der Waals surface area contributed by atoms with Crippen LogP contribution in [0.3, 0.4) is 0 Å². The van der Waals surface area contributed by atoms with Crippen molar-refractivity contribution in [3.8, 4) is 0 Å². The second-order valence-electron chi connectivity index (χ2n) is 5.76. The van der Waals surface area contributed by atoms with E-state index in [1.165, 1.54) is 0 Å². The van der Waals surface area contributed by atoms with Crippen LogP contribution in [0.2, 0.25) is 0 Å². The number of anilines is 1. The maximum Gasteiger partial charge on any atom is 0.258 e. The molecule has 104 valence electrons. The van der Waals surface area contributed by atoms with Crippen LogP contribution in [0, 0.1) is 0 Å². The Kier molecular flexibility index (Phi) is 3.31. The minimum atomic E-state index is 0.138. The molecular weight excluding hydrogens is 240 g/mol. The predicted molar refractivity (Wildman–Crippen MR) is 75.5 cm³/mol. The van der Waals surface area contributed by atoms with E-state index in [2.05, 4.69) is 4.90 Å². The van der Waals surface area contributed by atoms with Crippen molar-refractivity contribution < 1.29 is 0 Å². The summed E-state index contributed by atoms with van der Waals surface area (Å²) in [5.74, 6) is 0.806. The van der Waals surface area contributed by atoms with Crippen molar-refractivity contribution >= 4 is 5.95 Å². The van der Waals surface area contributed by atoms with Gasteiger partial charge in [-0.1, -0.05) is 0 Å². The summed E-state index contributed by atoms with van der Waals surface area (Å²) >= 11 is 0. The van der Waals surface area contributed by atoms with Crippen molar-refractivity contribution in [3.63, 3.8) is 0 Å². The molecule has 5 nitrogen and oxygen atoms in total. The molecule has 3 rings (SSSR count). The molecule has 1 aliphatic carbocycles. The molecule has 2 N–H and O–H groups in total. The Morgan fingerprint density at radius 1 is 1.26 bits per heavy atom. The molecule has 0 radical (unpaired) electrons. The fraction of sp³-hybridized carbons (Fsp3) is 0.714. The third-order valence-corrected chi connectivity index (χ3v) is 4.28. The molecule has 1 fully saturated rings. The van der Waals surface area contributed by atoms with Gasteiger partial charge in [0, 0.05) is 31.7 Å². The maximum atomic E-state index is 12.4. The van der Waals surface area contributed by atoms with Crippen LogP contribution in [-0.4, -0.2) is 28.7 Å². The molecule has 1 aliphatic heterocycles. The van der Waals surface area contributed by atoms with Crippen LogP contribution in [0.4, 0.5) is 5.95 Å². The van der Waals surface area contributed by atoms with E-state index in [9.17, 15) is 4.79 Å². The molecule has 0 amide bonds. The molecular formula is C14H22N4O. The second-order valence-corrected chi connectivity index (χ2v) is 5.76. The quantitative estimate of drug-likeness (QED) is 0.804. The largest absolute Gasteiger partial charge is 0.341 e. The van der Waals surface area contributed by atoms with Crippen LogP contribution in [0.25, 0.3) is 0 Å². The lowest BCUT2D eigenvalue weighted by molar-refractivity contribution is 0.490. The number of piperidine rings is 1. The molecule has 0 saturated carbocycles. The van der Waals surface area contributed by atoms with Crippen LogP contribution in [-0.2, 0) is 19.9 Å². The Hall–Kier alpha value is -1.36. The summed E-state index contributed by atoms with van der Waals surface area (Å²) in [6, 6.07) is 0.196. The molecule has 1 atom stereocenters. The Morgan fingerprint density at radius 3 is 2.84 bits per heavy atom. The molecule has 0 spiro atoms. The molecule has 1 aromatic rings. The smallest absolute Gasteiger partial charge is 0.258 e. The highest BCUT2D eigenvalue weighted by molar-refractivity contribution is 5.36. The number of nitrogens with two attached hydrogens (primary N) is 1. The van der Waals surface area contributed by atoms with Crippen molar-refractivity contribution in [3.05, 3.63) is 21.6 Å². The molecule has 1 saturated heterocycles. The van der Waals surface area contributed by atoms with Gasteiger partial charge in [0.25, 0.3) is 5.56 Å². The summed E-state index contributed by atoms with van der Waals surface area (Å²) in [4.78, 5) is 19.4. The summed E-state index contributed by atoms with van der Waals surface area (Å²) in [6.45, 7) is 1.76. The number of nitrogens with zero attached hydrogens (tertiary/aromatic N) is 3. The minimum Gasteiger partial charge on any atom is -0.341 e. The van der Waals surface area contributed by atoms with Gasteiger partial charge in [-0.2, -0.15) is 0 Å². The maximum absolute atomic E-state index is 12.4. The first-order chi connectivity index (χ1) is 9.16. The molecule has 5 heteroatoms. The lowest BCUT2D eigenvalue weighted by Gasteiger charge is -2.33. The lowest BCUT2D eigenvalue weighted by Crippen LogP contribution is -2.45. The van der Waals surface area contributed by atoms with E-state index in [0.29, 0.717) is 0 Å². The van der Waals surface area contributed by atoms with Crippen LogP contribution >= 0.6 is 0 Å². The zero-order chi connectivity index (χ0) is 13.4. The van der Waals surface area contributed by atoms with E-state index in [-0.39, 0.29) is 11.6 Å². The normalized spacial score (nSPS) is 23.3. The lowest BCUT2D eigenvalue weighted by atomic mass is 9.97. The molecule has 2 aliphatic rings. The first-order valence-corrected chi connectivity index (χ1v) is 7.26. The number of hydrogen-bond donors (Lipinski definition) is 1. The average molecular weight is 262 g/mol. The summed E-state index contributed by atoms with van der Waals surface area (Å²) in [5, 5.41) is 0. The van der Waals surface area contributed by atoms with E-state index in [1.807, 2.05) is 7.05 Å². The number of rotatable bonds is 1. The van der Waals surface area contributed by atoms with Gasteiger partial charge in [0.05, 0.1) is 5.69 Å². The van der Waals surface area contributed by atoms with Crippen molar-refractivity contribution in [1.82, 2.24) is 9.55 Å². The molecule has 0 aromatic carbocycles. The first kappa shape index (κ1) is 12.7. The summed E-state index contributed by atoms with van der Waals surface area (Å²) < 4.78 is 1.71. The van der Waals surface area contributed by atoms with Crippen molar-refractivity contribution in [2.75, 3.05) is 18.0 Å². The summed E-state index contributed by atoms with van der Waals surface area (Å²) in [7, 11) is 1.83. The molecule has 19 heavy (non-hydrogen) atoms. The van der Waals surface area contributed by atoms with Crippen molar-refractivity contribution in [2.24, 2.45) is 12.8 Å². The standard InChI is InChI=1S/C14H22N4O/c1-17-13(19)11-6-2-3-7-12(11)16-14(17)18-8-4-5-10(15)9-18/h10H,2-9,15H2,1H3. The number of aromatic nitrogens is 2. The molecule has 0 bridgehead atoms. The monoisotopic (exact) mass is 262 g/mol. The van der Waals surface area contributed by atoms with E-state index in [0.717, 1.165) is 68.8 Å². The van der Waals surface area contributed by atoms with E-state index >= 15 is 0 Å². The zero-order valence-electron chi connectivity index (χ0n) is 11.6. The number of hydrogen-bond acceptors (Lipinski definition) is 4. The van der Waals surface area contributed by atoms with E-state index in [1.54, 1.807) is 4.57 Å². The summed E-state index contributed by atoms with van der Waals surface area (Å²) in [6.07, 6.45) is 6.22. The van der Waals surface area contributed by atoms with Gasteiger partial charge in [-0.25, -0.2) is 4.98 Å². The topological polar surface area (TPSA) is 64.2 Å². The SMILES string of the molecule is Cn1c(N2CCCC(N)C2)nc2c(c1=O)CCCC2. The van der Waals surface area contributed by atoms with Gasteiger partial charge < -0.3 is 10.6 Å². The predicted octanol–water partition coefficient (Wildman–Crippen LogP) is 0.587. The molecule has 2 heterocycles. The fourth-order valence-corrected chi connectivity index (χ4v) is 3.21. The van der Waals surface area contributed by atoms with Crippen molar-refractivity contribution in [1.29, 1.82) is 0 Å². The average Bonchev–Trinajstić information content (AvgIpc) is 2.43. The van der Waals surface area contributed by atoms with Crippen LogP contribution in [0.5, 0.6) is 0 Å². The Bertz CT molecular complexity index is 537. The van der Waals surface area contributed by atoms with Crippen molar-refractivity contribution in [2.45, 2.75) is 44.6 Å². The van der Waals surface area contributed by atoms with Gasteiger partial charge in [0.2, 0.25) is 5.95 Å². The van der Waals surface area contributed by atoms with Crippen LogP contribution < -0.4 is 16.2 Å². The second kappa shape index (κ2) is 4.96. The molecule has 1 unspecified atom stereocenters. The van der Waals surface area contributed by atoms with Gasteiger partial charge in [0.1, 0.15) is 0 Å². The van der Waals surface area contributed by atoms with Gasteiger partial charge in [-0.3, -0.25) is 9.36 Å². The van der Waals surface area contributed by atoms with Gasteiger partial charge >= 0.3 is 0 Å². The Labute approximate surface area is 113 Å². The Balaban J connectivity index is 2.01. The fourth-order valence-electron chi connectivity index (χ4n) is 3.21. The van der Waals surface area contributed by atoms with Crippen LogP contribution in [0.1, 0.15) is 36.9 Å². The third-order valence-electron chi connectivity index (χ3n) is 4.28. The summed E-state index contributed by atoms with van der Waals surface area (Å²) in [5.41, 5.74) is 8.12.